The fraction of sp³-hybridized carbons (Fsp3) is 0.362. The van der Waals surface area contributed by atoms with Crippen molar-refractivity contribution in [1.29, 1.82) is 0 Å². The van der Waals surface area contributed by atoms with Crippen LogP contribution in [0.4, 0.5) is 13.2 Å². The minimum Gasteiger partial charge on any atom is -0.364 e. The molecule has 4 heterocycles. The number of nitrogens with two attached hydrogens (primary N) is 1. The van der Waals surface area contributed by atoms with Gasteiger partial charge < -0.3 is 21.0 Å². The Bertz CT molecular complexity index is 2570. The monoisotopic (exact) mass is 822 g/mol. The van der Waals surface area contributed by atoms with Crippen molar-refractivity contribution in [3.8, 4) is 0 Å². The van der Waals surface area contributed by atoms with Gasteiger partial charge in [0.15, 0.2) is 22.5 Å². The lowest BCUT2D eigenvalue weighted by molar-refractivity contribution is 0.0958. The first-order valence-corrected chi connectivity index (χ1v) is 20.6. The summed E-state index contributed by atoms with van der Waals surface area (Å²) >= 11 is 0. The molecule has 2 fully saturated rings. The normalized spacial score (nSPS) is 16.3. The molecule has 2 amide bonds. The Morgan fingerprint density at radius 1 is 0.717 bits per heavy atom. The summed E-state index contributed by atoms with van der Waals surface area (Å²) in [5.74, 6) is -2.57. The van der Waals surface area contributed by atoms with E-state index >= 15 is 0 Å². The van der Waals surface area contributed by atoms with E-state index in [2.05, 4.69) is 25.3 Å². The second kappa shape index (κ2) is 20.7. The first kappa shape index (κ1) is 45.0. The molecule has 0 saturated heterocycles. The molecule has 316 valence electrons. The SMILES string of the molecule is CC.CNC(=O)c1nccc2[nH]c([C@@H]3CCCCC3c3ccc(F)c(F)c3C)cc(=O)c12.Cc1cccc(F)c1.NC(=O)c1nccc2[nH]c(C3CCCCC3)cc(=O)c12. The third-order valence-corrected chi connectivity index (χ3v) is 11.2. The van der Waals surface area contributed by atoms with E-state index in [9.17, 15) is 32.3 Å². The Kier molecular flexibility index (Phi) is 15.5. The number of halogens is 3. The van der Waals surface area contributed by atoms with Crippen molar-refractivity contribution >= 4 is 33.6 Å². The molecule has 0 radical (unpaired) electrons. The first-order valence-electron chi connectivity index (χ1n) is 20.6. The number of nitrogens with one attached hydrogen (secondary N) is 3. The number of carbonyl (C=O) groups excluding carboxylic acids is 2. The van der Waals surface area contributed by atoms with Gasteiger partial charge in [-0.2, -0.15) is 0 Å². The highest BCUT2D eigenvalue weighted by Crippen LogP contribution is 2.45. The number of carbonyl (C=O) groups is 2. The smallest absolute Gasteiger partial charge is 0.270 e. The van der Waals surface area contributed by atoms with E-state index in [4.69, 9.17) is 5.73 Å². The number of pyridine rings is 4. The number of aryl methyl sites for hydroxylation is 1. The second-order valence-corrected chi connectivity index (χ2v) is 15.0. The number of fused-ring (bicyclic) bond motifs is 2. The van der Waals surface area contributed by atoms with Crippen LogP contribution in [-0.2, 0) is 0 Å². The number of primary amides is 1. The average Bonchev–Trinajstić information content (AvgIpc) is 3.26. The maximum atomic E-state index is 14.2. The maximum Gasteiger partial charge on any atom is 0.270 e. The summed E-state index contributed by atoms with van der Waals surface area (Å²) in [5, 5.41) is 3.04. The van der Waals surface area contributed by atoms with Gasteiger partial charge in [-0.15, -0.1) is 0 Å². The van der Waals surface area contributed by atoms with E-state index in [-0.39, 0.29) is 45.3 Å². The summed E-state index contributed by atoms with van der Waals surface area (Å²) in [6, 6.07) is 15.8. The number of rotatable bonds is 5. The van der Waals surface area contributed by atoms with Gasteiger partial charge in [0.1, 0.15) is 17.2 Å². The number of benzene rings is 2. The lowest BCUT2D eigenvalue weighted by Gasteiger charge is -2.33. The predicted octanol–water partition coefficient (Wildman–Crippen LogP) is 9.54. The van der Waals surface area contributed by atoms with Crippen molar-refractivity contribution in [3.05, 3.63) is 150 Å². The van der Waals surface area contributed by atoms with E-state index in [0.717, 1.165) is 61.0 Å². The Balaban J connectivity index is 0.000000194. The van der Waals surface area contributed by atoms with Crippen molar-refractivity contribution < 1.29 is 22.8 Å². The van der Waals surface area contributed by atoms with Crippen molar-refractivity contribution in [2.45, 2.75) is 103 Å². The number of aromatic amines is 2. The van der Waals surface area contributed by atoms with E-state index in [1.165, 1.54) is 63.0 Å². The summed E-state index contributed by atoms with van der Waals surface area (Å²) in [4.78, 5) is 63.3. The van der Waals surface area contributed by atoms with Crippen LogP contribution in [0.25, 0.3) is 21.8 Å². The van der Waals surface area contributed by atoms with E-state index in [1.54, 1.807) is 37.3 Å². The van der Waals surface area contributed by atoms with E-state index in [0.29, 0.717) is 27.9 Å². The molecular weight excluding hydrogens is 770 g/mol. The fourth-order valence-electron chi connectivity index (χ4n) is 8.30. The molecule has 2 aliphatic carbocycles. The van der Waals surface area contributed by atoms with Crippen molar-refractivity contribution in [1.82, 2.24) is 25.3 Å². The molecule has 1 unspecified atom stereocenters. The number of hydrogen-bond acceptors (Lipinski definition) is 6. The topological polar surface area (TPSA) is 164 Å². The lowest BCUT2D eigenvalue weighted by atomic mass is 9.72. The van der Waals surface area contributed by atoms with E-state index < -0.39 is 23.4 Å². The molecule has 0 spiro atoms. The number of aromatic nitrogens is 4. The highest BCUT2D eigenvalue weighted by Gasteiger charge is 2.31. The summed E-state index contributed by atoms with van der Waals surface area (Å²) in [7, 11) is 1.49. The van der Waals surface area contributed by atoms with Gasteiger partial charge in [0.2, 0.25) is 0 Å². The third kappa shape index (κ3) is 10.4. The molecule has 2 saturated carbocycles. The Morgan fingerprint density at radius 3 is 1.87 bits per heavy atom. The highest BCUT2D eigenvalue weighted by molar-refractivity contribution is 6.04. The summed E-state index contributed by atoms with van der Waals surface area (Å²) in [6.45, 7) is 7.47. The molecular formula is C47H53F3N6O4. The largest absolute Gasteiger partial charge is 0.364 e. The Labute approximate surface area is 347 Å². The van der Waals surface area contributed by atoms with Crippen LogP contribution in [0.3, 0.4) is 0 Å². The van der Waals surface area contributed by atoms with Crippen molar-refractivity contribution in [2.24, 2.45) is 5.73 Å². The van der Waals surface area contributed by atoms with Crippen molar-refractivity contribution in [3.63, 3.8) is 0 Å². The van der Waals surface area contributed by atoms with Gasteiger partial charge in [-0.1, -0.05) is 64.2 Å². The number of amides is 2. The molecule has 0 bridgehead atoms. The van der Waals surface area contributed by atoms with Crippen LogP contribution in [0, 0.1) is 31.3 Å². The fourth-order valence-corrected chi connectivity index (χ4v) is 8.30. The first-order chi connectivity index (χ1) is 28.9. The molecule has 8 rings (SSSR count). The summed E-state index contributed by atoms with van der Waals surface area (Å²) in [6.07, 6.45) is 12.5. The van der Waals surface area contributed by atoms with Crippen LogP contribution in [-0.4, -0.2) is 38.8 Å². The zero-order valence-corrected chi connectivity index (χ0v) is 34.8. The molecule has 0 aliphatic heterocycles. The van der Waals surface area contributed by atoms with Crippen LogP contribution < -0.4 is 21.9 Å². The minimum atomic E-state index is -0.850. The minimum absolute atomic E-state index is 0.0257. The van der Waals surface area contributed by atoms with Crippen molar-refractivity contribution in [2.75, 3.05) is 7.05 Å². The van der Waals surface area contributed by atoms with Crippen LogP contribution in [0.15, 0.2) is 82.6 Å². The van der Waals surface area contributed by atoms with Crippen LogP contribution >= 0.6 is 0 Å². The Morgan fingerprint density at radius 2 is 1.28 bits per heavy atom. The average molecular weight is 823 g/mol. The summed E-state index contributed by atoms with van der Waals surface area (Å²) in [5.41, 5.74) is 9.89. The van der Waals surface area contributed by atoms with Gasteiger partial charge in [-0.3, -0.25) is 29.1 Å². The summed E-state index contributed by atoms with van der Waals surface area (Å²) < 4.78 is 40.0. The number of nitrogens with zero attached hydrogens (tertiary/aromatic N) is 2. The number of hydrogen-bond donors (Lipinski definition) is 4. The molecule has 2 atom stereocenters. The lowest BCUT2D eigenvalue weighted by Crippen LogP contribution is -2.23. The van der Waals surface area contributed by atoms with Crippen LogP contribution in [0.2, 0.25) is 0 Å². The standard InChI is InChI=1S/C23H23F2N3O2.C15H17N3O2.C7H7F.C2H6/c1-12-13(7-8-16(24)21(12)25)14-5-3-4-6-15(14)18-11-19(29)20-17(28-18)9-10-27-22(20)23(30)26-2;16-15(20)14-13-10(6-7-17-14)18-11(8-12(13)19)9-4-2-1-3-5-9;1-6-3-2-4-7(8)5-6;1-2/h7-11,14-15H,3-6H2,1-2H3,(H,26,30)(H,28,29);6-9H,1-5H2,(H2,16,20)(H,18,19);2-5H,1H3;1-2H3/t14?,15-;;;/m1.../s1. The maximum absolute atomic E-state index is 14.2. The van der Waals surface area contributed by atoms with Gasteiger partial charge in [0.05, 0.1) is 21.8 Å². The molecule has 4 aromatic heterocycles. The van der Waals surface area contributed by atoms with Crippen LogP contribution in [0.5, 0.6) is 0 Å². The number of H-pyrrole nitrogens is 2. The molecule has 10 nitrogen and oxygen atoms in total. The van der Waals surface area contributed by atoms with Gasteiger partial charge in [-0.25, -0.2) is 13.2 Å². The molecule has 2 aliphatic rings. The van der Waals surface area contributed by atoms with Crippen LogP contribution in [0.1, 0.15) is 138 Å². The molecule has 2 aromatic carbocycles. The zero-order chi connectivity index (χ0) is 43.5. The van der Waals surface area contributed by atoms with Gasteiger partial charge in [-0.05, 0) is 98.4 Å². The quantitative estimate of drug-likeness (QED) is 0.135. The highest BCUT2D eigenvalue weighted by atomic mass is 19.2. The van der Waals surface area contributed by atoms with Gasteiger partial charge in [0.25, 0.3) is 11.8 Å². The molecule has 13 heteroatoms. The Hall–Kier alpha value is -6.11. The van der Waals surface area contributed by atoms with Gasteiger partial charge >= 0.3 is 0 Å². The molecule has 5 N–H and O–H groups in total. The predicted molar refractivity (Wildman–Crippen MR) is 230 cm³/mol. The third-order valence-electron chi connectivity index (χ3n) is 11.2. The second-order valence-electron chi connectivity index (χ2n) is 15.0. The molecule has 6 aromatic rings. The zero-order valence-electron chi connectivity index (χ0n) is 34.8. The molecule has 60 heavy (non-hydrogen) atoms. The van der Waals surface area contributed by atoms with Gasteiger partial charge in [0, 0.05) is 48.9 Å². The van der Waals surface area contributed by atoms with E-state index in [1.807, 2.05) is 26.8 Å².